The number of aromatic nitrogens is 1. The molecular weight excluding hydrogens is 997 g/mol. The fraction of sp³-hybridized carbons (Fsp3) is 0.667. The number of hydrogen-bond acceptors (Lipinski definition) is 15. The van der Waals surface area contributed by atoms with E-state index in [9.17, 15) is 34.8 Å². The number of ether oxygens (including phenoxy) is 4. The van der Waals surface area contributed by atoms with Crippen molar-refractivity contribution < 1.29 is 58.6 Å². The minimum atomic E-state index is -2.17. The molecule has 78 heavy (non-hydrogen) atoms. The van der Waals surface area contributed by atoms with Crippen molar-refractivity contribution in [3.8, 4) is 0 Å². The summed E-state index contributed by atoms with van der Waals surface area (Å²) in [5.41, 5.74) is 2.89. The predicted molar refractivity (Wildman–Crippen MR) is 295 cm³/mol. The first-order chi connectivity index (χ1) is 37.3. The molecule has 8 unspecified atom stereocenters. The van der Waals surface area contributed by atoms with Crippen LogP contribution in [0.25, 0.3) is 10.9 Å². The molecule has 2 amide bonds. The van der Waals surface area contributed by atoms with Crippen LogP contribution in [0.3, 0.4) is 0 Å². The Bertz CT molecular complexity index is 2730. The van der Waals surface area contributed by atoms with Crippen LogP contribution in [0.15, 0.2) is 48.6 Å². The van der Waals surface area contributed by atoms with Crippen molar-refractivity contribution in [1.82, 2.24) is 25.4 Å². The van der Waals surface area contributed by atoms with Crippen molar-refractivity contribution >= 4 is 40.3 Å². The first-order valence-electron chi connectivity index (χ1n) is 28.7. The molecule has 18 nitrogen and oxygen atoms in total. The Morgan fingerprint density at radius 3 is 2.49 bits per heavy atom. The van der Waals surface area contributed by atoms with Crippen molar-refractivity contribution in [2.45, 2.75) is 171 Å². The van der Waals surface area contributed by atoms with Crippen molar-refractivity contribution in [3.05, 3.63) is 76.5 Å². The molecule has 18 heteroatoms. The number of ketones is 1. The van der Waals surface area contributed by atoms with Crippen LogP contribution in [0.4, 0.5) is 10.5 Å². The van der Waals surface area contributed by atoms with E-state index < -0.39 is 81.8 Å². The fourth-order valence-electron chi connectivity index (χ4n) is 15.5. The number of H-pyrrole nitrogens is 1. The van der Waals surface area contributed by atoms with E-state index in [1.807, 2.05) is 14.0 Å². The number of nitrogens with zero attached hydrogens (tertiary/aromatic N) is 3. The van der Waals surface area contributed by atoms with Gasteiger partial charge in [-0.05, 0) is 125 Å². The van der Waals surface area contributed by atoms with Crippen LogP contribution in [-0.2, 0) is 50.6 Å². The smallest absolute Gasteiger partial charge is 0.407 e. The summed E-state index contributed by atoms with van der Waals surface area (Å²) < 4.78 is 21.3. The number of Topliss-reactive ketones (excluding diaryl/α,β-unsaturated/α-hetero) is 1. The number of piperidine rings is 1. The number of nitrogens with one attached hydrogen (secondary N) is 3. The summed E-state index contributed by atoms with van der Waals surface area (Å²) in [4.78, 5) is 64.1. The lowest BCUT2D eigenvalue weighted by Gasteiger charge is -2.63. The van der Waals surface area contributed by atoms with E-state index in [1.165, 1.54) is 36.2 Å². The number of aliphatic hydroxyl groups excluding tert-OH is 2. The van der Waals surface area contributed by atoms with Crippen molar-refractivity contribution in [2.75, 3.05) is 78.1 Å². The van der Waals surface area contributed by atoms with Gasteiger partial charge in [-0.2, -0.15) is 0 Å². The normalized spacial score (nSPS) is 32.1. The number of carbonyl (C=O) groups is 4. The van der Waals surface area contributed by atoms with E-state index in [0.29, 0.717) is 45.2 Å². The number of aromatic amines is 1. The Kier molecular flexibility index (Phi) is 17.0. The Balaban J connectivity index is 0.915. The standard InChI is InChI=1S/C60H86N6O12/c1-9-40(34-67)78-49(75-8)35-77-55(72)61-24-20-48(69)62-38(5)51(70)76-28-15-14-19-47(68)60(74)53-59(23-27-66-25-16-22-58(11-3,52(59)66)54(60)71)44-30-43(37(4)29-46(44)64(53)7)56(6)31-39-32-57(73,10-2)36-65(33-39)26-21-42-41-17-12-13-18-45(41)63-50(42)56/h12-13,16-18,22,29-30,38-40,49,52-54,63,67,71,73-74H,9-11,14-15,19-21,23-28,31-36H2,1-8H3,(H,61,72)(H,62,69)/t38?,39?,40?,49?,52?,53?,54-,56-,57?,58-,59-,60+/m1/s1. The zero-order chi connectivity index (χ0) is 56.0. The molecule has 1 aliphatic carbocycles. The molecule has 6 aliphatic rings. The molecule has 0 radical (unpaired) electrons. The second kappa shape index (κ2) is 22.9. The molecule has 1 saturated carbocycles. The summed E-state index contributed by atoms with van der Waals surface area (Å²) in [7, 11) is 3.37. The number of benzene rings is 2. The van der Waals surface area contributed by atoms with Gasteiger partial charge in [-0.3, -0.25) is 19.4 Å². The molecule has 1 spiro atoms. The number of carbonyl (C=O) groups excluding carboxylic acids is 4. The molecule has 5 aliphatic heterocycles. The molecule has 13 atom stereocenters. The summed E-state index contributed by atoms with van der Waals surface area (Å²) in [6.45, 7) is 15.4. The molecule has 3 aromatic rings. The maximum atomic E-state index is 15.2. The summed E-state index contributed by atoms with van der Waals surface area (Å²) in [6.07, 6.45) is 5.85. The molecule has 9 rings (SSSR count). The zero-order valence-corrected chi connectivity index (χ0v) is 47.2. The van der Waals surface area contributed by atoms with Crippen LogP contribution < -0.4 is 15.5 Å². The number of aryl methyl sites for hydroxylation is 1. The van der Waals surface area contributed by atoms with E-state index in [2.05, 4.69) is 107 Å². The highest BCUT2D eigenvalue weighted by molar-refractivity contribution is 5.92. The second-order valence-corrected chi connectivity index (χ2v) is 23.8. The first kappa shape index (κ1) is 57.8. The Labute approximate surface area is 459 Å². The van der Waals surface area contributed by atoms with E-state index in [-0.39, 0.29) is 57.6 Å². The Morgan fingerprint density at radius 2 is 1.76 bits per heavy atom. The number of esters is 1. The number of likely N-dealkylation sites (N-methyl/N-ethyl adjacent to an activating group) is 1. The van der Waals surface area contributed by atoms with E-state index in [0.717, 1.165) is 61.2 Å². The van der Waals surface area contributed by atoms with Crippen LogP contribution >= 0.6 is 0 Å². The second-order valence-electron chi connectivity index (χ2n) is 23.8. The molecular formula is C60H86N6O12. The summed E-state index contributed by atoms with van der Waals surface area (Å²) in [5, 5.41) is 54.2. The SMILES string of the molecule is CCC(CO)OC(COC(=O)NCCC(=O)NC(C)C(=O)OCCCCC(=O)[C@]1(O)C2N(C)c3cc(C)c([C@@]4(C)CC5CN(CCc6c4[nH]c4ccccc64)CC(O)(CC)C5)cc3[C@@]23CCN2CC=C[C@](CC)(C23)[C@H]1O)OC. The van der Waals surface area contributed by atoms with Crippen LogP contribution in [0, 0.1) is 18.3 Å². The summed E-state index contributed by atoms with van der Waals surface area (Å²) in [6, 6.07) is 11.3. The molecule has 2 aromatic carbocycles. The maximum Gasteiger partial charge on any atom is 0.407 e. The van der Waals surface area contributed by atoms with Gasteiger partial charge in [0.1, 0.15) is 18.8 Å². The molecule has 428 valence electrons. The summed E-state index contributed by atoms with van der Waals surface area (Å²) >= 11 is 0. The van der Waals surface area contributed by atoms with Gasteiger partial charge in [-0.15, -0.1) is 0 Å². The quantitative estimate of drug-likeness (QED) is 0.0320. The van der Waals surface area contributed by atoms with Crippen molar-refractivity contribution in [3.63, 3.8) is 0 Å². The minimum Gasteiger partial charge on any atom is -0.464 e. The third-order valence-electron chi connectivity index (χ3n) is 19.2. The Hall–Kier alpha value is -4.92. The predicted octanol–water partition coefficient (Wildman–Crippen LogP) is 5.06. The number of aliphatic hydroxyl groups is 4. The van der Waals surface area contributed by atoms with E-state index >= 15 is 4.79 Å². The third-order valence-corrected chi connectivity index (χ3v) is 19.2. The number of para-hydroxylation sites is 1. The number of fused-ring (bicyclic) bond motifs is 6. The van der Waals surface area contributed by atoms with Gasteiger partial charge in [0.25, 0.3) is 0 Å². The van der Waals surface area contributed by atoms with E-state index in [4.69, 9.17) is 18.9 Å². The number of amides is 2. The van der Waals surface area contributed by atoms with Gasteiger partial charge >= 0.3 is 12.1 Å². The number of methoxy groups -OCH3 is 1. The zero-order valence-electron chi connectivity index (χ0n) is 47.2. The monoisotopic (exact) mass is 1080 g/mol. The fourth-order valence-corrected chi connectivity index (χ4v) is 15.5. The van der Waals surface area contributed by atoms with Crippen LogP contribution in [0.2, 0.25) is 0 Å². The van der Waals surface area contributed by atoms with Gasteiger partial charge in [0.2, 0.25) is 5.91 Å². The van der Waals surface area contributed by atoms with Gasteiger partial charge in [0.15, 0.2) is 17.7 Å². The molecule has 2 saturated heterocycles. The number of hydrogen-bond donors (Lipinski definition) is 7. The largest absolute Gasteiger partial charge is 0.464 e. The third kappa shape index (κ3) is 10.1. The number of rotatable bonds is 21. The molecule has 2 bridgehead atoms. The average Bonchev–Trinajstić information content (AvgIpc) is 3.45. The Morgan fingerprint density at radius 1 is 0.974 bits per heavy atom. The van der Waals surface area contributed by atoms with Crippen LogP contribution in [-0.4, -0.2) is 180 Å². The van der Waals surface area contributed by atoms with Gasteiger partial charge in [-0.25, -0.2) is 9.59 Å². The molecule has 1 aromatic heterocycles. The summed E-state index contributed by atoms with van der Waals surface area (Å²) in [5.74, 6) is -1.38. The lowest BCUT2D eigenvalue weighted by Crippen LogP contribution is -2.80. The highest BCUT2D eigenvalue weighted by atomic mass is 16.7. The highest BCUT2D eigenvalue weighted by Crippen LogP contribution is 2.67. The molecule has 3 fully saturated rings. The lowest BCUT2D eigenvalue weighted by atomic mass is 9.47. The van der Waals surface area contributed by atoms with Gasteiger partial charge in [0, 0.05) is 104 Å². The van der Waals surface area contributed by atoms with Crippen LogP contribution in [0.5, 0.6) is 0 Å². The first-order valence-corrected chi connectivity index (χ1v) is 28.7. The average molecular weight is 1080 g/mol. The van der Waals surface area contributed by atoms with E-state index in [1.54, 1.807) is 0 Å². The number of alkyl carbamates (subject to hydrolysis) is 1. The highest BCUT2D eigenvalue weighted by Gasteiger charge is 2.78. The van der Waals surface area contributed by atoms with Gasteiger partial charge < -0.3 is 59.9 Å². The number of anilines is 1. The molecule has 6 heterocycles. The maximum absolute atomic E-state index is 15.2. The number of unbranched alkanes of at least 4 members (excludes halogenated alkanes) is 1. The van der Waals surface area contributed by atoms with Gasteiger partial charge in [-0.1, -0.05) is 57.2 Å². The minimum absolute atomic E-state index is 0.0307. The van der Waals surface area contributed by atoms with Crippen molar-refractivity contribution in [1.29, 1.82) is 0 Å². The van der Waals surface area contributed by atoms with Crippen LogP contribution in [0.1, 0.15) is 127 Å². The topological polar surface area (TPSA) is 236 Å². The molecule has 7 N–H and O–H groups in total. The van der Waals surface area contributed by atoms with Gasteiger partial charge in [0.05, 0.1) is 31.0 Å². The lowest BCUT2D eigenvalue weighted by molar-refractivity contribution is -0.202. The van der Waals surface area contributed by atoms with Crippen molar-refractivity contribution in [2.24, 2.45) is 11.3 Å².